The molecule has 5 heterocycles. The van der Waals surface area contributed by atoms with Crippen LogP contribution >= 0.6 is 0 Å². The molecule has 0 amide bonds. The Kier molecular flexibility index (Phi) is 4.06. The molecule has 5 aliphatic heterocycles. The molecular formula is C23H24F2N2O2. The molecule has 0 saturated carbocycles. The summed E-state index contributed by atoms with van der Waals surface area (Å²) in [5.41, 5.74) is 1.98. The highest BCUT2D eigenvalue weighted by Gasteiger charge is 2.53. The van der Waals surface area contributed by atoms with Gasteiger partial charge in [0, 0.05) is 37.2 Å². The fourth-order valence-corrected chi connectivity index (χ4v) is 6.10. The Balaban J connectivity index is 1.34. The lowest BCUT2D eigenvalue weighted by Crippen LogP contribution is -2.59. The van der Waals surface area contributed by atoms with Crippen LogP contribution in [0.15, 0.2) is 36.4 Å². The SMILES string of the molecule is Fc1cc(F)cc(CN2C[C@@H](c3ccc4c(c3)OCO4)[C@@H]3[C@H]2C2CCN3CC2)c1. The van der Waals surface area contributed by atoms with Gasteiger partial charge in [0.05, 0.1) is 0 Å². The molecule has 0 spiro atoms. The number of fused-ring (bicyclic) bond motifs is 3. The number of rotatable bonds is 3. The second-order valence-electron chi connectivity index (χ2n) is 8.78. The first-order valence-electron chi connectivity index (χ1n) is 10.5. The van der Waals surface area contributed by atoms with Crippen molar-refractivity contribution >= 4 is 0 Å². The van der Waals surface area contributed by atoms with E-state index in [-0.39, 0.29) is 6.79 Å². The zero-order valence-corrected chi connectivity index (χ0v) is 16.2. The number of hydrogen-bond donors (Lipinski definition) is 0. The van der Waals surface area contributed by atoms with Crippen LogP contribution < -0.4 is 9.47 Å². The van der Waals surface area contributed by atoms with Crippen LogP contribution in [0.4, 0.5) is 8.78 Å². The van der Waals surface area contributed by atoms with Gasteiger partial charge in [-0.25, -0.2) is 8.78 Å². The molecule has 4 fully saturated rings. The van der Waals surface area contributed by atoms with Crippen LogP contribution in [0.3, 0.4) is 0 Å². The number of piperidine rings is 3. The summed E-state index contributed by atoms with van der Waals surface area (Å²) in [4.78, 5) is 5.09. The van der Waals surface area contributed by atoms with Gasteiger partial charge >= 0.3 is 0 Å². The van der Waals surface area contributed by atoms with Gasteiger partial charge in [0.1, 0.15) is 11.6 Å². The van der Waals surface area contributed by atoms with Crippen molar-refractivity contribution in [2.45, 2.75) is 37.4 Å². The molecule has 6 heteroatoms. The molecule has 2 aromatic rings. The molecule has 4 nitrogen and oxygen atoms in total. The maximum absolute atomic E-state index is 13.8. The van der Waals surface area contributed by atoms with Crippen molar-refractivity contribution in [2.24, 2.45) is 5.92 Å². The molecule has 29 heavy (non-hydrogen) atoms. The first kappa shape index (κ1) is 17.7. The Labute approximate surface area is 169 Å². The third kappa shape index (κ3) is 2.92. The molecule has 0 aromatic heterocycles. The van der Waals surface area contributed by atoms with Gasteiger partial charge in [-0.2, -0.15) is 0 Å². The minimum absolute atomic E-state index is 0.279. The Morgan fingerprint density at radius 1 is 0.897 bits per heavy atom. The highest BCUT2D eigenvalue weighted by molar-refractivity contribution is 5.46. The van der Waals surface area contributed by atoms with Crippen molar-refractivity contribution < 1.29 is 18.3 Å². The van der Waals surface area contributed by atoms with Crippen LogP contribution in [0.5, 0.6) is 11.5 Å². The Morgan fingerprint density at radius 3 is 2.45 bits per heavy atom. The number of halogens is 2. The maximum atomic E-state index is 13.8. The third-order valence-corrected chi connectivity index (χ3v) is 7.23. The Hall–Kier alpha value is -2.18. The quantitative estimate of drug-likeness (QED) is 0.786. The van der Waals surface area contributed by atoms with Crippen molar-refractivity contribution in [3.63, 3.8) is 0 Å². The number of benzene rings is 2. The zero-order valence-electron chi connectivity index (χ0n) is 16.2. The normalized spacial score (nSPS) is 32.6. The summed E-state index contributed by atoms with van der Waals surface area (Å²) in [5.74, 6) is 1.63. The average Bonchev–Trinajstić information content (AvgIpc) is 3.33. The van der Waals surface area contributed by atoms with E-state index in [1.54, 1.807) is 0 Å². The highest BCUT2D eigenvalue weighted by Crippen LogP contribution is 2.48. The fourth-order valence-electron chi connectivity index (χ4n) is 6.10. The average molecular weight is 398 g/mol. The van der Waals surface area contributed by atoms with Gasteiger partial charge in [0.2, 0.25) is 6.79 Å². The molecule has 4 saturated heterocycles. The lowest BCUT2D eigenvalue weighted by Gasteiger charge is -2.51. The predicted molar refractivity (Wildman–Crippen MR) is 104 cm³/mol. The summed E-state index contributed by atoms with van der Waals surface area (Å²) in [6.07, 6.45) is 2.42. The Morgan fingerprint density at radius 2 is 1.66 bits per heavy atom. The first-order valence-corrected chi connectivity index (χ1v) is 10.5. The monoisotopic (exact) mass is 398 g/mol. The van der Waals surface area contributed by atoms with Crippen molar-refractivity contribution in [3.8, 4) is 11.5 Å². The molecule has 0 N–H and O–H groups in total. The van der Waals surface area contributed by atoms with Crippen LogP contribution in [0, 0.1) is 17.6 Å². The van der Waals surface area contributed by atoms with E-state index in [4.69, 9.17) is 9.47 Å². The molecule has 3 atom stereocenters. The van der Waals surface area contributed by atoms with E-state index in [2.05, 4.69) is 21.9 Å². The smallest absolute Gasteiger partial charge is 0.231 e. The van der Waals surface area contributed by atoms with Gasteiger partial charge in [-0.15, -0.1) is 0 Å². The van der Waals surface area contributed by atoms with Crippen molar-refractivity contribution in [3.05, 3.63) is 59.2 Å². The molecule has 2 aromatic carbocycles. The molecule has 5 aliphatic rings. The van der Waals surface area contributed by atoms with Crippen LogP contribution in [0.1, 0.15) is 29.9 Å². The lowest BCUT2D eigenvalue weighted by atomic mass is 9.75. The zero-order chi connectivity index (χ0) is 19.5. The van der Waals surface area contributed by atoms with Crippen molar-refractivity contribution in [1.82, 2.24) is 9.80 Å². The molecule has 0 radical (unpaired) electrons. The van der Waals surface area contributed by atoms with E-state index in [0.717, 1.165) is 37.2 Å². The highest BCUT2D eigenvalue weighted by atomic mass is 19.1. The van der Waals surface area contributed by atoms with E-state index in [9.17, 15) is 8.78 Å². The molecule has 2 bridgehead atoms. The topological polar surface area (TPSA) is 24.9 Å². The first-order chi connectivity index (χ1) is 14.2. The van der Waals surface area contributed by atoms with E-state index in [0.29, 0.717) is 36.0 Å². The largest absolute Gasteiger partial charge is 0.454 e. The molecule has 152 valence electrons. The summed E-state index contributed by atoms with van der Waals surface area (Å²) < 4.78 is 38.6. The summed E-state index contributed by atoms with van der Waals surface area (Å²) in [7, 11) is 0. The lowest BCUT2D eigenvalue weighted by molar-refractivity contribution is -0.00873. The van der Waals surface area contributed by atoms with Gasteiger partial charge < -0.3 is 9.47 Å². The predicted octanol–water partition coefficient (Wildman–Crippen LogP) is 3.76. The second-order valence-corrected chi connectivity index (χ2v) is 8.78. The summed E-state index contributed by atoms with van der Waals surface area (Å²) in [6, 6.07) is 11.0. The van der Waals surface area contributed by atoms with Gasteiger partial charge in [-0.1, -0.05) is 6.07 Å². The van der Waals surface area contributed by atoms with Gasteiger partial charge in [0.25, 0.3) is 0 Å². The minimum Gasteiger partial charge on any atom is -0.454 e. The van der Waals surface area contributed by atoms with Gasteiger partial charge in [-0.05, 0) is 67.2 Å². The number of likely N-dealkylation sites (tertiary alicyclic amines) is 1. The van der Waals surface area contributed by atoms with Crippen molar-refractivity contribution in [1.29, 1.82) is 0 Å². The fraction of sp³-hybridized carbons (Fsp3) is 0.478. The van der Waals surface area contributed by atoms with Crippen molar-refractivity contribution in [2.75, 3.05) is 26.4 Å². The van der Waals surface area contributed by atoms with Gasteiger partial charge in [0.15, 0.2) is 11.5 Å². The van der Waals surface area contributed by atoms with E-state index in [1.165, 1.54) is 30.5 Å². The number of nitrogens with zero attached hydrogens (tertiary/aromatic N) is 2. The van der Waals surface area contributed by atoms with Crippen LogP contribution in [0.2, 0.25) is 0 Å². The third-order valence-electron chi connectivity index (χ3n) is 7.23. The molecule has 0 aliphatic carbocycles. The second kappa shape index (κ2) is 6.67. The van der Waals surface area contributed by atoms with Crippen LogP contribution in [0.25, 0.3) is 0 Å². The molecule has 7 rings (SSSR count). The number of hydrogen-bond acceptors (Lipinski definition) is 4. The summed E-state index contributed by atoms with van der Waals surface area (Å²) in [6.45, 7) is 4.05. The Bertz CT molecular complexity index is 924. The van der Waals surface area contributed by atoms with E-state index in [1.807, 2.05) is 6.07 Å². The van der Waals surface area contributed by atoms with Gasteiger partial charge in [-0.3, -0.25) is 9.80 Å². The minimum atomic E-state index is -0.503. The molecule has 0 unspecified atom stereocenters. The number of ether oxygens (including phenoxy) is 2. The van der Waals surface area contributed by atoms with Crippen LogP contribution in [-0.4, -0.2) is 48.3 Å². The standard InChI is InChI=1S/C23H24F2N2O2/c24-17-7-14(8-18(25)10-17)11-27-12-19(16-1-2-20-21(9-16)29-13-28-20)23-22(27)15-3-5-26(23)6-4-15/h1-2,7-10,15,19,22-23H,3-6,11-13H2/t19-,22+,23+/m0/s1. The summed E-state index contributed by atoms with van der Waals surface area (Å²) >= 11 is 0. The summed E-state index contributed by atoms with van der Waals surface area (Å²) in [5, 5.41) is 0. The maximum Gasteiger partial charge on any atom is 0.231 e. The van der Waals surface area contributed by atoms with E-state index >= 15 is 0 Å². The van der Waals surface area contributed by atoms with E-state index < -0.39 is 11.6 Å². The molecular weight excluding hydrogens is 374 g/mol. The van der Waals surface area contributed by atoms with Crippen LogP contribution in [-0.2, 0) is 6.54 Å².